The molecule has 0 fully saturated rings. The predicted molar refractivity (Wildman–Crippen MR) is 305 cm³/mol. The van der Waals surface area contributed by atoms with E-state index in [4.69, 9.17) is 18.5 Å². The van der Waals surface area contributed by atoms with Crippen LogP contribution in [0, 0.1) is 0 Å². The van der Waals surface area contributed by atoms with Gasteiger partial charge in [0.05, 0.1) is 27.7 Å². The molecule has 0 bridgehead atoms. The Morgan fingerprint density at radius 1 is 0.431 bits per heavy atom. The number of ether oxygens (including phenoxy) is 2. The maximum atomic E-state index is 12.8. The number of phosphoric ester groups is 1. The summed E-state index contributed by atoms with van der Waals surface area (Å²) in [5.74, 6) is -0.817. The lowest BCUT2D eigenvalue weighted by Crippen LogP contribution is -2.37. The van der Waals surface area contributed by atoms with Crippen LogP contribution >= 0.6 is 7.82 Å². The van der Waals surface area contributed by atoms with Crippen molar-refractivity contribution in [2.24, 2.45) is 0 Å². The smallest absolute Gasteiger partial charge is 0.306 e. The maximum Gasteiger partial charge on any atom is 0.306 e. The minimum Gasteiger partial charge on any atom is -0.756 e. The zero-order chi connectivity index (χ0) is 52.7. The van der Waals surface area contributed by atoms with Crippen LogP contribution in [0.1, 0.15) is 296 Å². The third-order valence-corrected chi connectivity index (χ3v) is 14.6. The van der Waals surface area contributed by atoms with Gasteiger partial charge in [0.15, 0.2) is 6.10 Å². The van der Waals surface area contributed by atoms with Gasteiger partial charge >= 0.3 is 11.9 Å². The summed E-state index contributed by atoms with van der Waals surface area (Å²) >= 11 is 0. The number of likely N-dealkylation sites (N-methyl/N-ethyl adjacent to an activating group) is 1. The van der Waals surface area contributed by atoms with Crippen LogP contribution in [0.5, 0.6) is 0 Å². The first-order chi connectivity index (χ1) is 35.0. The maximum absolute atomic E-state index is 12.8. The monoisotopic (exact) mass is 1040 g/mol. The SMILES string of the molecule is CCCCCCC/C=C\C/C=C\C/C=C\CCCCCCCCCCCCCCCCCCC(=O)OC(COC(=O)CCCCCCCCCCCCCCCCCCC)COP(=O)([O-])OCC[N+](C)(C)C. The molecule has 0 rings (SSSR count). The van der Waals surface area contributed by atoms with Gasteiger partial charge in [-0.15, -0.1) is 0 Å². The average molecular weight is 1040 g/mol. The molecule has 0 aliphatic carbocycles. The highest BCUT2D eigenvalue weighted by Crippen LogP contribution is 2.38. The number of phosphoric acid groups is 1. The molecule has 424 valence electrons. The Hall–Kier alpha value is -1.77. The molecule has 0 aromatic rings. The molecule has 0 aromatic carbocycles. The molecule has 0 saturated heterocycles. The van der Waals surface area contributed by atoms with Gasteiger partial charge in [0.1, 0.15) is 19.8 Å². The Morgan fingerprint density at radius 3 is 1.11 bits per heavy atom. The van der Waals surface area contributed by atoms with Crippen molar-refractivity contribution in [3.63, 3.8) is 0 Å². The molecule has 2 atom stereocenters. The molecule has 0 radical (unpaired) electrons. The Kier molecular flexibility index (Phi) is 52.7. The van der Waals surface area contributed by atoms with Crippen LogP contribution in [0.25, 0.3) is 0 Å². The van der Waals surface area contributed by atoms with Gasteiger partial charge in [-0.05, 0) is 51.4 Å². The molecule has 0 spiro atoms. The van der Waals surface area contributed by atoms with Crippen LogP contribution in [0.3, 0.4) is 0 Å². The highest BCUT2D eigenvalue weighted by atomic mass is 31.2. The van der Waals surface area contributed by atoms with Crippen molar-refractivity contribution in [3.05, 3.63) is 36.5 Å². The topological polar surface area (TPSA) is 111 Å². The van der Waals surface area contributed by atoms with Crippen LogP contribution in [-0.4, -0.2) is 70.0 Å². The minimum atomic E-state index is -4.63. The van der Waals surface area contributed by atoms with Gasteiger partial charge < -0.3 is 27.9 Å². The van der Waals surface area contributed by atoms with Gasteiger partial charge in [-0.3, -0.25) is 14.2 Å². The van der Waals surface area contributed by atoms with E-state index in [0.717, 1.165) is 51.4 Å². The van der Waals surface area contributed by atoms with Gasteiger partial charge in [-0.1, -0.05) is 269 Å². The number of unbranched alkanes of at least 4 members (excludes halogenated alkanes) is 37. The molecule has 0 N–H and O–H groups in total. The second-order valence-corrected chi connectivity index (χ2v) is 23.5. The molecular formula is C62H118NO8P. The summed E-state index contributed by atoms with van der Waals surface area (Å²) in [6.07, 6.45) is 66.3. The molecule has 0 aromatic heterocycles. The van der Waals surface area contributed by atoms with Crippen molar-refractivity contribution in [1.29, 1.82) is 0 Å². The quantitative estimate of drug-likeness (QED) is 0.0195. The van der Waals surface area contributed by atoms with Crippen LogP contribution in [0.15, 0.2) is 36.5 Å². The fourth-order valence-electron chi connectivity index (χ4n) is 8.90. The molecule has 0 aliphatic heterocycles. The largest absolute Gasteiger partial charge is 0.756 e. The van der Waals surface area contributed by atoms with E-state index in [2.05, 4.69) is 50.3 Å². The molecule has 0 amide bonds. The molecule has 0 saturated carbocycles. The molecular weight excluding hydrogens is 918 g/mol. The first kappa shape index (κ1) is 70.2. The summed E-state index contributed by atoms with van der Waals surface area (Å²) in [5, 5.41) is 0. The number of hydrogen-bond donors (Lipinski definition) is 0. The van der Waals surface area contributed by atoms with Crippen molar-refractivity contribution < 1.29 is 42.1 Å². The fraction of sp³-hybridized carbons (Fsp3) is 0.871. The normalized spacial score (nSPS) is 13.5. The zero-order valence-electron chi connectivity index (χ0n) is 48.1. The summed E-state index contributed by atoms with van der Waals surface area (Å²) in [4.78, 5) is 37.9. The molecule has 0 aliphatic rings. The lowest BCUT2D eigenvalue weighted by molar-refractivity contribution is -0.870. The number of allylic oxidation sites excluding steroid dienone is 6. The summed E-state index contributed by atoms with van der Waals surface area (Å²) < 4.78 is 34.2. The number of carbonyl (C=O) groups is 2. The number of quaternary nitrogens is 1. The van der Waals surface area contributed by atoms with E-state index in [1.807, 2.05) is 21.1 Å². The first-order valence-corrected chi connectivity index (χ1v) is 32.2. The van der Waals surface area contributed by atoms with Crippen LogP contribution in [0.2, 0.25) is 0 Å². The summed E-state index contributed by atoms with van der Waals surface area (Å²) in [6, 6.07) is 0. The number of carbonyl (C=O) groups excluding carboxylic acids is 2. The lowest BCUT2D eigenvalue weighted by atomic mass is 10.0. The van der Waals surface area contributed by atoms with Crippen molar-refractivity contribution in [1.82, 2.24) is 0 Å². The standard InChI is InChI=1S/C62H118NO8P/c1-6-8-10-12-14-16-18-20-22-24-25-26-27-28-29-30-31-32-33-34-35-36-37-39-41-43-45-47-49-51-53-55-62(65)71-60(59-70-72(66,67)69-57-56-63(3,4)5)58-68-61(64)54-52-50-48-46-44-42-40-38-23-21-19-17-15-13-11-9-7-2/h18,20,24-25,27-28,60H,6-17,19,21-23,26,29-59H2,1-5H3/b20-18-,25-24-,28-27-. The summed E-state index contributed by atoms with van der Waals surface area (Å²) in [7, 11) is 1.18. The number of esters is 2. The van der Waals surface area contributed by atoms with Crippen molar-refractivity contribution in [2.75, 3.05) is 47.5 Å². The molecule has 10 heteroatoms. The van der Waals surface area contributed by atoms with Crippen LogP contribution in [0.4, 0.5) is 0 Å². The third kappa shape index (κ3) is 57.5. The van der Waals surface area contributed by atoms with E-state index in [0.29, 0.717) is 17.4 Å². The van der Waals surface area contributed by atoms with E-state index in [1.165, 1.54) is 212 Å². The second-order valence-electron chi connectivity index (χ2n) is 22.1. The zero-order valence-corrected chi connectivity index (χ0v) is 49.0. The van der Waals surface area contributed by atoms with Crippen molar-refractivity contribution in [3.8, 4) is 0 Å². The van der Waals surface area contributed by atoms with E-state index in [-0.39, 0.29) is 32.0 Å². The Labute approximate surface area is 446 Å². The first-order valence-electron chi connectivity index (χ1n) is 30.7. The van der Waals surface area contributed by atoms with Gasteiger partial charge in [0.2, 0.25) is 0 Å². The number of hydrogen-bond acceptors (Lipinski definition) is 8. The summed E-state index contributed by atoms with van der Waals surface area (Å²) in [5.41, 5.74) is 0. The van der Waals surface area contributed by atoms with Gasteiger partial charge in [0.25, 0.3) is 7.82 Å². The minimum absolute atomic E-state index is 0.0283. The van der Waals surface area contributed by atoms with Gasteiger partial charge in [0, 0.05) is 12.8 Å². The van der Waals surface area contributed by atoms with E-state index in [9.17, 15) is 19.0 Å². The Bertz CT molecular complexity index is 1310. The van der Waals surface area contributed by atoms with E-state index < -0.39 is 26.5 Å². The highest BCUT2D eigenvalue weighted by Gasteiger charge is 2.22. The molecule has 9 nitrogen and oxygen atoms in total. The van der Waals surface area contributed by atoms with Crippen LogP contribution < -0.4 is 4.89 Å². The van der Waals surface area contributed by atoms with E-state index in [1.54, 1.807) is 0 Å². The third-order valence-electron chi connectivity index (χ3n) is 13.7. The molecule has 72 heavy (non-hydrogen) atoms. The Balaban J connectivity index is 4.05. The number of nitrogens with zero attached hydrogens (tertiary/aromatic N) is 1. The average Bonchev–Trinajstić information content (AvgIpc) is 3.34. The number of rotatable bonds is 57. The summed E-state index contributed by atoms with van der Waals surface area (Å²) in [6.45, 7) is 4.28. The predicted octanol–water partition coefficient (Wildman–Crippen LogP) is 18.5. The van der Waals surface area contributed by atoms with Crippen molar-refractivity contribution in [2.45, 2.75) is 302 Å². The fourth-order valence-corrected chi connectivity index (χ4v) is 9.63. The van der Waals surface area contributed by atoms with E-state index >= 15 is 0 Å². The molecule has 2 unspecified atom stereocenters. The Morgan fingerprint density at radius 2 is 0.750 bits per heavy atom. The van der Waals surface area contributed by atoms with Crippen molar-refractivity contribution >= 4 is 19.8 Å². The van der Waals surface area contributed by atoms with Crippen LogP contribution in [-0.2, 0) is 32.7 Å². The van der Waals surface area contributed by atoms with Gasteiger partial charge in [-0.2, -0.15) is 0 Å². The molecule has 0 heterocycles. The lowest BCUT2D eigenvalue weighted by Gasteiger charge is -2.28. The van der Waals surface area contributed by atoms with Gasteiger partial charge in [-0.25, -0.2) is 0 Å². The second kappa shape index (κ2) is 54.0. The highest BCUT2D eigenvalue weighted by molar-refractivity contribution is 7.45.